The smallest absolute Gasteiger partial charge is 0.307 e. The minimum atomic E-state index is -0.671. The van der Waals surface area contributed by atoms with Gasteiger partial charge < -0.3 is 20.4 Å². The maximum absolute atomic E-state index is 11.3. The molecule has 20 heavy (non-hydrogen) atoms. The van der Waals surface area contributed by atoms with Crippen molar-refractivity contribution in [3.05, 3.63) is 0 Å². The predicted molar refractivity (Wildman–Crippen MR) is 77.6 cm³/mol. The lowest BCUT2D eigenvalue weighted by molar-refractivity contribution is -0.144. The molecule has 116 valence electrons. The van der Waals surface area contributed by atoms with E-state index in [0.29, 0.717) is 13.0 Å². The zero-order chi connectivity index (χ0) is 14.4. The van der Waals surface area contributed by atoms with Crippen LogP contribution in [0.5, 0.6) is 0 Å². The van der Waals surface area contributed by atoms with Gasteiger partial charge in [-0.15, -0.1) is 0 Å². The first-order valence-electron chi connectivity index (χ1n) is 7.98. The molecule has 2 atom stereocenters. The summed E-state index contributed by atoms with van der Waals surface area (Å²) >= 11 is 0. The average Bonchev–Trinajstić information content (AvgIpc) is 2.91. The number of piperidine rings is 1. The summed E-state index contributed by atoms with van der Waals surface area (Å²) in [5.74, 6) is -0.160. The van der Waals surface area contributed by atoms with Crippen LogP contribution in [0, 0.1) is 11.8 Å². The molecule has 1 saturated carbocycles. The van der Waals surface area contributed by atoms with Crippen molar-refractivity contribution in [3.63, 3.8) is 0 Å². The average molecular weight is 284 g/mol. The summed E-state index contributed by atoms with van der Waals surface area (Å²) in [6.07, 6.45) is 6.71. The number of nitrogens with one attached hydrogen (secondary N) is 1. The standard InChI is InChI=1S/C15H28N2O3/c18-7-3-6-16-14-8-13(15(19)20)10-17(11-14)9-12-4-1-2-5-12/h12-14,16,18H,1-11H2,(H,19,20). The first-order valence-corrected chi connectivity index (χ1v) is 7.98. The summed E-state index contributed by atoms with van der Waals surface area (Å²) < 4.78 is 0. The van der Waals surface area contributed by atoms with Crippen molar-refractivity contribution in [1.82, 2.24) is 10.2 Å². The van der Waals surface area contributed by atoms with Gasteiger partial charge in [-0.2, -0.15) is 0 Å². The van der Waals surface area contributed by atoms with Crippen LogP contribution < -0.4 is 5.32 Å². The second-order valence-corrected chi connectivity index (χ2v) is 6.37. The number of hydrogen-bond donors (Lipinski definition) is 3. The van der Waals surface area contributed by atoms with E-state index < -0.39 is 5.97 Å². The summed E-state index contributed by atoms with van der Waals surface area (Å²) in [5.41, 5.74) is 0. The topological polar surface area (TPSA) is 72.8 Å². The van der Waals surface area contributed by atoms with E-state index in [0.717, 1.165) is 32.0 Å². The normalized spacial score (nSPS) is 28.9. The van der Waals surface area contributed by atoms with E-state index in [-0.39, 0.29) is 18.6 Å². The molecular formula is C15H28N2O3. The number of carboxylic acids is 1. The molecular weight excluding hydrogens is 256 g/mol. The zero-order valence-corrected chi connectivity index (χ0v) is 12.3. The maximum atomic E-state index is 11.3. The first-order chi connectivity index (χ1) is 9.69. The number of aliphatic hydroxyl groups excluding tert-OH is 1. The van der Waals surface area contributed by atoms with Crippen LogP contribution in [0.2, 0.25) is 0 Å². The van der Waals surface area contributed by atoms with E-state index in [9.17, 15) is 9.90 Å². The maximum Gasteiger partial charge on any atom is 0.307 e. The Morgan fingerprint density at radius 3 is 2.65 bits per heavy atom. The van der Waals surface area contributed by atoms with Gasteiger partial charge in [0.15, 0.2) is 0 Å². The Morgan fingerprint density at radius 2 is 2.00 bits per heavy atom. The highest BCUT2D eigenvalue weighted by Gasteiger charge is 2.32. The van der Waals surface area contributed by atoms with E-state index in [1.54, 1.807) is 0 Å². The van der Waals surface area contributed by atoms with Crippen molar-refractivity contribution in [3.8, 4) is 0 Å². The molecule has 2 unspecified atom stereocenters. The third kappa shape index (κ3) is 4.72. The molecule has 5 heteroatoms. The van der Waals surface area contributed by atoms with E-state index in [2.05, 4.69) is 10.2 Å². The Morgan fingerprint density at radius 1 is 1.25 bits per heavy atom. The Balaban J connectivity index is 1.84. The van der Waals surface area contributed by atoms with Crippen LogP contribution in [0.3, 0.4) is 0 Å². The number of carboxylic acid groups (broad SMARTS) is 1. The second-order valence-electron chi connectivity index (χ2n) is 6.37. The van der Waals surface area contributed by atoms with Crippen LogP contribution in [-0.2, 0) is 4.79 Å². The van der Waals surface area contributed by atoms with Gasteiger partial charge in [0.2, 0.25) is 0 Å². The molecule has 2 rings (SSSR count). The third-order valence-corrected chi connectivity index (χ3v) is 4.63. The fraction of sp³-hybridized carbons (Fsp3) is 0.933. The lowest BCUT2D eigenvalue weighted by Crippen LogP contribution is -2.52. The summed E-state index contributed by atoms with van der Waals surface area (Å²) in [7, 11) is 0. The minimum absolute atomic E-state index is 0.188. The fourth-order valence-corrected chi connectivity index (χ4v) is 3.61. The van der Waals surface area contributed by atoms with Crippen molar-refractivity contribution >= 4 is 5.97 Å². The van der Waals surface area contributed by atoms with Gasteiger partial charge in [-0.3, -0.25) is 4.79 Å². The number of rotatable bonds is 7. The molecule has 0 aromatic carbocycles. The molecule has 0 radical (unpaired) electrons. The summed E-state index contributed by atoms with van der Waals surface area (Å²) in [5, 5.41) is 21.5. The fourth-order valence-electron chi connectivity index (χ4n) is 3.61. The van der Waals surface area contributed by atoms with E-state index in [1.165, 1.54) is 25.7 Å². The van der Waals surface area contributed by atoms with Gasteiger partial charge in [0.05, 0.1) is 5.92 Å². The highest BCUT2D eigenvalue weighted by atomic mass is 16.4. The van der Waals surface area contributed by atoms with Crippen molar-refractivity contribution in [1.29, 1.82) is 0 Å². The van der Waals surface area contributed by atoms with E-state index in [1.807, 2.05) is 0 Å². The van der Waals surface area contributed by atoms with Crippen molar-refractivity contribution in [2.45, 2.75) is 44.6 Å². The Kier molecular flexibility index (Phi) is 6.26. The van der Waals surface area contributed by atoms with Crippen LogP contribution in [0.25, 0.3) is 0 Å². The van der Waals surface area contributed by atoms with Gasteiger partial charge in [0.25, 0.3) is 0 Å². The summed E-state index contributed by atoms with van der Waals surface area (Å²) in [4.78, 5) is 13.7. The van der Waals surface area contributed by atoms with Gasteiger partial charge in [0.1, 0.15) is 0 Å². The molecule has 0 amide bonds. The number of nitrogens with zero attached hydrogens (tertiary/aromatic N) is 1. The summed E-state index contributed by atoms with van der Waals surface area (Å²) in [6, 6.07) is 0.248. The second kappa shape index (κ2) is 7.96. The van der Waals surface area contributed by atoms with E-state index in [4.69, 9.17) is 5.11 Å². The SMILES string of the molecule is O=C(O)C1CC(NCCCO)CN(CC2CCCC2)C1. The van der Waals surface area contributed by atoms with Gasteiger partial charge in [0, 0.05) is 32.3 Å². The third-order valence-electron chi connectivity index (χ3n) is 4.63. The molecule has 1 aliphatic carbocycles. The van der Waals surface area contributed by atoms with Crippen molar-refractivity contribution in [2.75, 3.05) is 32.8 Å². The van der Waals surface area contributed by atoms with Crippen LogP contribution >= 0.6 is 0 Å². The molecule has 0 aromatic rings. The van der Waals surface area contributed by atoms with Crippen LogP contribution in [0.4, 0.5) is 0 Å². The molecule has 0 aromatic heterocycles. The molecule has 1 heterocycles. The molecule has 2 fully saturated rings. The lowest BCUT2D eigenvalue weighted by atomic mass is 9.93. The summed E-state index contributed by atoms with van der Waals surface area (Å²) in [6.45, 7) is 3.66. The molecule has 1 aliphatic heterocycles. The zero-order valence-electron chi connectivity index (χ0n) is 12.3. The van der Waals surface area contributed by atoms with Crippen LogP contribution in [0.15, 0.2) is 0 Å². The molecule has 0 bridgehead atoms. The Hall–Kier alpha value is -0.650. The van der Waals surface area contributed by atoms with Crippen molar-refractivity contribution in [2.24, 2.45) is 11.8 Å². The minimum Gasteiger partial charge on any atom is -0.481 e. The van der Waals surface area contributed by atoms with Crippen LogP contribution in [-0.4, -0.2) is 59.9 Å². The number of hydrogen-bond acceptors (Lipinski definition) is 4. The molecule has 5 nitrogen and oxygen atoms in total. The molecule has 2 aliphatic rings. The molecule has 1 saturated heterocycles. The Labute approximate surface area is 121 Å². The molecule has 0 spiro atoms. The van der Waals surface area contributed by atoms with Gasteiger partial charge >= 0.3 is 5.97 Å². The van der Waals surface area contributed by atoms with Gasteiger partial charge in [-0.1, -0.05) is 12.8 Å². The number of likely N-dealkylation sites (tertiary alicyclic amines) is 1. The Bertz CT molecular complexity index is 305. The highest BCUT2D eigenvalue weighted by Crippen LogP contribution is 2.27. The van der Waals surface area contributed by atoms with E-state index >= 15 is 0 Å². The van der Waals surface area contributed by atoms with Crippen molar-refractivity contribution < 1.29 is 15.0 Å². The van der Waals surface area contributed by atoms with Crippen LogP contribution in [0.1, 0.15) is 38.5 Å². The quantitative estimate of drug-likeness (QED) is 0.606. The monoisotopic (exact) mass is 284 g/mol. The number of aliphatic carboxylic acids is 1. The number of aliphatic hydroxyl groups is 1. The van der Waals surface area contributed by atoms with Gasteiger partial charge in [-0.25, -0.2) is 0 Å². The lowest BCUT2D eigenvalue weighted by Gasteiger charge is -2.37. The largest absolute Gasteiger partial charge is 0.481 e. The van der Waals surface area contributed by atoms with Gasteiger partial charge in [-0.05, 0) is 38.1 Å². The molecule has 3 N–H and O–H groups in total. The highest BCUT2D eigenvalue weighted by molar-refractivity contribution is 5.70. The first kappa shape index (κ1) is 15.7. The number of carbonyl (C=O) groups is 1. The predicted octanol–water partition coefficient (Wildman–Crippen LogP) is 0.924.